The summed E-state index contributed by atoms with van der Waals surface area (Å²) in [6, 6.07) is 3.84. The molecule has 0 unspecified atom stereocenters. The summed E-state index contributed by atoms with van der Waals surface area (Å²) in [5, 5.41) is 2.85. The van der Waals surface area contributed by atoms with Gasteiger partial charge in [-0.2, -0.15) is 8.42 Å². The molecule has 0 aliphatic carbocycles. The summed E-state index contributed by atoms with van der Waals surface area (Å²) in [6.07, 6.45) is 2.03. The van der Waals surface area contributed by atoms with Crippen LogP contribution >= 0.6 is 67.8 Å². The van der Waals surface area contributed by atoms with Crippen LogP contribution in [0.4, 0.5) is 0 Å². The van der Waals surface area contributed by atoms with Crippen molar-refractivity contribution in [2.45, 2.75) is 25.7 Å². The van der Waals surface area contributed by atoms with Crippen LogP contribution in [0.1, 0.15) is 36.0 Å². The highest BCUT2D eigenvalue weighted by molar-refractivity contribution is 14.1. The van der Waals surface area contributed by atoms with Crippen LogP contribution in [0.25, 0.3) is 0 Å². The van der Waals surface area contributed by atoms with E-state index in [1.807, 2.05) is 12.1 Å². The molecular weight excluding hydrogens is 675 g/mol. The molecule has 10 heteroatoms. The predicted molar refractivity (Wildman–Crippen MR) is 117 cm³/mol. The molecule has 0 aliphatic heterocycles. The predicted octanol–water partition coefficient (Wildman–Crippen LogP) is 3.25. The maximum atomic E-state index is 12.2. The van der Waals surface area contributed by atoms with E-state index in [4.69, 9.17) is 4.55 Å². The van der Waals surface area contributed by atoms with Gasteiger partial charge in [0.05, 0.1) is 5.56 Å². The Morgan fingerprint density at radius 2 is 1.75 bits per heavy atom. The second-order valence-corrected chi connectivity index (χ2v) is 10.0. The Bertz CT molecular complexity index is 721. The maximum Gasteiger partial charge on any atom is 0.272 e. The fraction of sp³-hybridized carbons (Fsp3) is 0.429. The van der Waals surface area contributed by atoms with E-state index in [0.29, 0.717) is 31.4 Å². The van der Waals surface area contributed by atoms with Gasteiger partial charge in [0.25, 0.3) is 16.0 Å². The van der Waals surface area contributed by atoms with Crippen molar-refractivity contribution in [1.82, 2.24) is 5.32 Å². The minimum atomic E-state index is -4.23. The topological polar surface area (TPSA) is 101 Å². The van der Waals surface area contributed by atoms with Gasteiger partial charge in [-0.05, 0) is 92.7 Å². The molecule has 0 fully saturated rings. The number of rotatable bonds is 9. The van der Waals surface area contributed by atoms with Gasteiger partial charge in [-0.15, -0.1) is 0 Å². The lowest BCUT2D eigenvalue weighted by Crippen LogP contribution is -2.25. The van der Waals surface area contributed by atoms with Gasteiger partial charge in [0, 0.05) is 23.7 Å². The van der Waals surface area contributed by atoms with Crippen LogP contribution in [0.2, 0.25) is 0 Å². The number of carbonyl (C=O) groups excluding carboxylic acids is 2. The first-order valence-corrected chi connectivity index (χ1v) is 11.8. The van der Waals surface area contributed by atoms with Gasteiger partial charge in [-0.1, -0.05) is 6.42 Å². The van der Waals surface area contributed by atoms with E-state index < -0.39 is 21.7 Å². The molecule has 1 aromatic rings. The summed E-state index contributed by atoms with van der Waals surface area (Å²) in [6.45, 7) is 0.490. The number of unbranched alkanes of at least 4 members (excludes halogenated alkanes) is 2. The average Bonchev–Trinajstić information content (AvgIpc) is 2.44. The van der Waals surface area contributed by atoms with Crippen LogP contribution in [0, 0.1) is 10.7 Å². The molecule has 1 rings (SSSR count). The number of nitrogens with one attached hydrogen (secondary N) is 1. The van der Waals surface area contributed by atoms with E-state index in [-0.39, 0.29) is 12.3 Å². The van der Waals surface area contributed by atoms with Gasteiger partial charge in [0.1, 0.15) is 11.5 Å². The van der Waals surface area contributed by atoms with Gasteiger partial charge < -0.3 is 5.32 Å². The summed E-state index contributed by atoms with van der Waals surface area (Å²) in [5.41, 5.74) is 0.648. The minimum Gasteiger partial charge on any atom is -0.352 e. The van der Waals surface area contributed by atoms with Gasteiger partial charge in [0.15, 0.2) is 0 Å². The lowest BCUT2D eigenvalue weighted by Gasteiger charge is -2.09. The Morgan fingerprint density at radius 3 is 2.38 bits per heavy atom. The molecule has 24 heavy (non-hydrogen) atoms. The standard InChI is InChI=1S/C14H16I3NO5S/c15-9-6-11(13(17)12(16)7-9)14(20)18-5-3-1-2-4-10(19)8-24(21,22)23/h6-7H,1-5,8H2,(H,18,20)(H,21,22,23). The molecule has 0 bridgehead atoms. The minimum absolute atomic E-state index is 0.112. The average molecular weight is 691 g/mol. The maximum absolute atomic E-state index is 12.2. The highest BCUT2D eigenvalue weighted by Crippen LogP contribution is 2.22. The fourth-order valence-corrected chi connectivity index (χ4v) is 4.87. The molecule has 0 aromatic heterocycles. The molecule has 2 N–H and O–H groups in total. The van der Waals surface area contributed by atoms with Gasteiger partial charge in [-0.25, -0.2) is 0 Å². The zero-order valence-corrected chi connectivity index (χ0v) is 19.8. The molecule has 0 spiro atoms. The van der Waals surface area contributed by atoms with Crippen LogP contribution in [-0.2, 0) is 14.9 Å². The van der Waals surface area contributed by atoms with Crippen LogP contribution in [0.5, 0.6) is 0 Å². The third-order valence-electron chi connectivity index (χ3n) is 3.00. The normalized spacial score (nSPS) is 11.3. The number of hydrogen-bond donors (Lipinski definition) is 2. The van der Waals surface area contributed by atoms with Crippen molar-refractivity contribution >= 4 is 89.6 Å². The number of ketones is 1. The largest absolute Gasteiger partial charge is 0.352 e. The second kappa shape index (κ2) is 10.6. The Balaban J connectivity index is 2.31. The highest BCUT2D eigenvalue weighted by atomic mass is 127. The van der Waals surface area contributed by atoms with Crippen molar-refractivity contribution in [3.8, 4) is 0 Å². The van der Waals surface area contributed by atoms with Crippen LogP contribution < -0.4 is 5.32 Å². The molecule has 134 valence electrons. The highest BCUT2D eigenvalue weighted by Gasteiger charge is 2.14. The first-order chi connectivity index (χ1) is 11.1. The SMILES string of the molecule is O=C(CCCCCNC(=O)c1cc(I)cc(I)c1I)CS(=O)(=O)O. The first kappa shape index (κ1) is 22.5. The Morgan fingerprint density at radius 1 is 1.08 bits per heavy atom. The smallest absolute Gasteiger partial charge is 0.272 e. The molecule has 0 heterocycles. The molecule has 0 aliphatic rings. The summed E-state index contributed by atoms with van der Waals surface area (Å²) in [7, 11) is -4.23. The van der Waals surface area contributed by atoms with Crippen molar-refractivity contribution in [3.05, 3.63) is 28.4 Å². The quantitative estimate of drug-likeness (QED) is 0.180. The summed E-state index contributed by atoms with van der Waals surface area (Å²) >= 11 is 6.52. The lowest BCUT2D eigenvalue weighted by atomic mass is 10.1. The molecule has 1 aromatic carbocycles. The van der Waals surface area contributed by atoms with E-state index >= 15 is 0 Å². The van der Waals surface area contributed by atoms with E-state index in [0.717, 1.165) is 10.7 Å². The third-order valence-corrected chi connectivity index (χ3v) is 7.35. The van der Waals surface area contributed by atoms with E-state index in [1.54, 1.807) is 0 Å². The molecule has 0 radical (unpaired) electrons. The Labute approximate surface area is 182 Å². The molecule has 1 amide bonds. The lowest BCUT2D eigenvalue weighted by molar-refractivity contribution is -0.116. The molecule has 0 saturated carbocycles. The summed E-state index contributed by atoms with van der Waals surface area (Å²) in [5.74, 6) is -1.45. The van der Waals surface area contributed by atoms with Gasteiger partial charge >= 0.3 is 0 Å². The number of amides is 1. The van der Waals surface area contributed by atoms with Crippen LogP contribution in [-0.4, -0.2) is 37.0 Å². The zero-order chi connectivity index (χ0) is 18.3. The molecular formula is C14H16I3NO5S. The van der Waals surface area contributed by atoms with Crippen LogP contribution in [0.15, 0.2) is 12.1 Å². The fourth-order valence-electron chi connectivity index (χ4n) is 1.92. The second-order valence-electron chi connectivity index (χ2n) is 5.08. The van der Waals surface area contributed by atoms with E-state index in [1.165, 1.54) is 0 Å². The molecule has 6 nitrogen and oxygen atoms in total. The van der Waals surface area contributed by atoms with Gasteiger partial charge in [0.2, 0.25) is 0 Å². The third kappa shape index (κ3) is 8.71. The number of halogens is 3. The first-order valence-electron chi connectivity index (χ1n) is 7.00. The van der Waals surface area contributed by atoms with E-state index in [2.05, 4.69) is 73.1 Å². The van der Waals surface area contributed by atoms with Crippen molar-refractivity contribution in [2.75, 3.05) is 12.3 Å². The number of carbonyl (C=O) groups is 2. The monoisotopic (exact) mass is 691 g/mol. The van der Waals surface area contributed by atoms with Gasteiger partial charge in [-0.3, -0.25) is 14.1 Å². The van der Waals surface area contributed by atoms with Crippen LogP contribution in [0.3, 0.4) is 0 Å². The van der Waals surface area contributed by atoms with Crippen molar-refractivity contribution < 1.29 is 22.6 Å². The van der Waals surface area contributed by atoms with Crippen molar-refractivity contribution in [2.24, 2.45) is 0 Å². The molecule has 0 saturated heterocycles. The Kier molecular flexibility index (Phi) is 9.91. The number of hydrogen-bond acceptors (Lipinski definition) is 4. The Hall–Kier alpha value is 0.460. The zero-order valence-electron chi connectivity index (χ0n) is 12.5. The summed E-state index contributed by atoms with van der Waals surface area (Å²) < 4.78 is 32.6. The summed E-state index contributed by atoms with van der Waals surface area (Å²) in [4.78, 5) is 23.5. The van der Waals surface area contributed by atoms with E-state index in [9.17, 15) is 18.0 Å². The number of Topliss-reactive ketones (excluding diaryl/α,β-unsaturated/α-hetero) is 1. The van der Waals surface area contributed by atoms with Crippen molar-refractivity contribution in [1.29, 1.82) is 0 Å². The number of benzene rings is 1. The molecule has 0 atom stereocenters. The van der Waals surface area contributed by atoms with Crippen molar-refractivity contribution in [3.63, 3.8) is 0 Å².